The highest BCUT2D eigenvalue weighted by molar-refractivity contribution is 5.94. The van der Waals surface area contributed by atoms with Crippen molar-refractivity contribution in [2.75, 3.05) is 18.1 Å². The molecule has 5 nitrogen and oxygen atoms in total. The van der Waals surface area contributed by atoms with Gasteiger partial charge in [-0.1, -0.05) is 0 Å². The molecule has 5 heteroatoms. The maximum absolute atomic E-state index is 11.9. The third kappa shape index (κ3) is 1.94. The quantitative estimate of drug-likeness (QED) is 0.771. The van der Waals surface area contributed by atoms with Crippen LogP contribution in [0.5, 0.6) is 11.5 Å². The van der Waals surface area contributed by atoms with Crippen molar-refractivity contribution in [2.45, 2.75) is 32.4 Å². The monoisotopic (exact) mass is 262 g/mol. The van der Waals surface area contributed by atoms with Gasteiger partial charge in [0.05, 0.1) is 5.69 Å². The molecule has 0 unspecified atom stereocenters. The van der Waals surface area contributed by atoms with Gasteiger partial charge in [0, 0.05) is 25.1 Å². The molecule has 0 spiro atoms. The number of carbonyl (C=O) groups excluding carboxylic acids is 1. The van der Waals surface area contributed by atoms with Crippen molar-refractivity contribution in [1.82, 2.24) is 0 Å². The highest BCUT2D eigenvalue weighted by atomic mass is 16.6. The normalized spacial score (nSPS) is 24.9. The number of carbonyl (C=O) groups is 1. The van der Waals surface area contributed by atoms with Gasteiger partial charge in [-0.2, -0.15) is 0 Å². The molecule has 0 saturated heterocycles. The first-order valence-electron chi connectivity index (χ1n) is 6.57. The molecular formula is C14H18N2O3. The van der Waals surface area contributed by atoms with E-state index >= 15 is 0 Å². The number of rotatable bonds is 0. The first-order valence-corrected chi connectivity index (χ1v) is 6.57. The van der Waals surface area contributed by atoms with E-state index in [-0.39, 0.29) is 18.0 Å². The number of anilines is 1. The molecule has 2 aliphatic rings. The van der Waals surface area contributed by atoms with Crippen LogP contribution in [0.2, 0.25) is 0 Å². The van der Waals surface area contributed by atoms with Crippen molar-refractivity contribution in [2.24, 2.45) is 5.73 Å². The van der Waals surface area contributed by atoms with E-state index in [9.17, 15) is 4.79 Å². The SMILES string of the molecule is CC(=O)N1c2cc3c(cc2[C@H](N)C[C@@H]1C)OCCO3. The predicted octanol–water partition coefficient (Wildman–Crippen LogP) is 1.60. The van der Waals surface area contributed by atoms with Crippen molar-refractivity contribution in [3.8, 4) is 11.5 Å². The van der Waals surface area contributed by atoms with Gasteiger partial charge in [0.1, 0.15) is 13.2 Å². The van der Waals surface area contributed by atoms with Crippen LogP contribution in [0.25, 0.3) is 0 Å². The van der Waals surface area contributed by atoms with Crippen LogP contribution in [0.1, 0.15) is 31.9 Å². The zero-order valence-corrected chi connectivity index (χ0v) is 11.2. The molecule has 0 saturated carbocycles. The van der Waals surface area contributed by atoms with Gasteiger partial charge in [-0.15, -0.1) is 0 Å². The summed E-state index contributed by atoms with van der Waals surface area (Å²) < 4.78 is 11.2. The smallest absolute Gasteiger partial charge is 0.224 e. The van der Waals surface area contributed by atoms with Crippen molar-refractivity contribution >= 4 is 11.6 Å². The van der Waals surface area contributed by atoms with Gasteiger partial charge in [-0.05, 0) is 25.0 Å². The summed E-state index contributed by atoms with van der Waals surface area (Å²) in [4.78, 5) is 13.6. The average Bonchev–Trinajstić information content (AvgIpc) is 2.36. The van der Waals surface area contributed by atoms with Crippen LogP contribution in [-0.4, -0.2) is 25.2 Å². The van der Waals surface area contributed by atoms with E-state index in [0.717, 1.165) is 23.4 Å². The van der Waals surface area contributed by atoms with Gasteiger partial charge in [0.15, 0.2) is 11.5 Å². The van der Waals surface area contributed by atoms with Crippen molar-refractivity contribution < 1.29 is 14.3 Å². The van der Waals surface area contributed by atoms with Crippen LogP contribution in [0, 0.1) is 0 Å². The van der Waals surface area contributed by atoms with Gasteiger partial charge in [-0.25, -0.2) is 0 Å². The summed E-state index contributed by atoms with van der Waals surface area (Å²) in [5, 5.41) is 0. The molecule has 19 heavy (non-hydrogen) atoms. The number of hydrogen-bond acceptors (Lipinski definition) is 4. The van der Waals surface area contributed by atoms with E-state index in [2.05, 4.69) is 0 Å². The fourth-order valence-corrected chi connectivity index (χ4v) is 2.92. The predicted molar refractivity (Wildman–Crippen MR) is 71.6 cm³/mol. The summed E-state index contributed by atoms with van der Waals surface area (Å²) in [5.74, 6) is 1.44. The van der Waals surface area contributed by atoms with Crippen molar-refractivity contribution in [1.29, 1.82) is 0 Å². The standard InChI is InChI=1S/C14H18N2O3/c1-8-5-11(15)10-6-13-14(19-4-3-18-13)7-12(10)16(8)9(2)17/h6-8,11H,3-5,15H2,1-2H3/t8-,11+/m0/s1. The molecule has 0 radical (unpaired) electrons. The third-order valence-electron chi connectivity index (χ3n) is 3.73. The molecule has 0 fully saturated rings. The summed E-state index contributed by atoms with van der Waals surface area (Å²) in [6.07, 6.45) is 0.756. The third-order valence-corrected chi connectivity index (χ3v) is 3.73. The number of benzene rings is 1. The van der Waals surface area contributed by atoms with E-state index in [1.807, 2.05) is 19.1 Å². The highest BCUT2D eigenvalue weighted by Gasteiger charge is 2.32. The topological polar surface area (TPSA) is 64.8 Å². The van der Waals surface area contributed by atoms with E-state index in [0.29, 0.717) is 19.0 Å². The Morgan fingerprint density at radius 2 is 1.95 bits per heavy atom. The number of ether oxygens (including phenoxy) is 2. The summed E-state index contributed by atoms with van der Waals surface area (Å²) in [5.41, 5.74) is 8.00. The number of nitrogens with two attached hydrogens (primary N) is 1. The average molecular weight is 262 g/mol. The molecule has 2 N–H and O–H groups in total. The number of amides is 1. The molecule has 0 aliphatic carbocycles. The van der Waals surface area contributed by atoms with Gasteiger partial charge in [0.2, 0.25) is 5.91 Å². The first kappa shape index (κ1) is 12.3. The Morgan fingerprint density at radius 3 is 2.58 bits per heavy atom. The molecule has 2 aliphatic heterocycles. The second-order valence-electron chi connectivity index (χ2n) is 5.13. The zero-order valence-electron chi connectivity index (χ0n) is 11.2. The Hall–Kier alpha value is -1.75. The van der Waals surface area contributed by atoms with Crippen LogP contribution in [-0.2, 0) is 4.79 Å². The number of hydrogen-bond donors (Lipinski definition) is 1. The molecule has 0 aromatic heterocycles. The summed E-state index contributed by atoms with van der Waals surface area (Å²) >= 11 is 0. The molecule has 2 atom stereocenters. The van der Waals surface area contributed by atoms with Gasteiger partial charge in [-0.3, -0.25) is 4.79 Å². The molecule has 0 bridgehead atoms. The second-order valence-corrected chi connectivity index (χ2v) is 5.13. The number of nitrogens with zero attached hydrogens (tertiary/aromatic N) is 1. The van der Waals surface area contributed by atoms with Crippen LogP contribution in [0.15, 0.2) is 12.1 Å². The van der Waals surface area contributed by atoms with Crippen molar-refractivity contribution in [3.05, 3.63) is 17.7 Å². The Bertz CT molecular complexity index is 530. The molecular weight excluding hydrogens is 244 g/mol. The lowest BCUT2D eigenvalue weighted by Gasteiger charge is -2.38. The Balaban J connectivity index is 2.14. The maximum Gasteiger partial charge on any atom is 0.224 e. The summed E-state index contributed by atoms with van der Waals surface area (Å²) in [7, 11) is 0. The maximum atomic E-state index is 11.9. The lowest BCUT2D eigenvalue weighted by molar-refractivity contribution is -0.117. The largest absolute Gasteiger partial charge is 0.486 e. The molecule has 2 heterocycles. The molecule has 102 valence electrons. The van der Waals surface area contributed by atoms with E-state index in [1.165, 1.54) is 0 Å². The summed E-state index contributed by atoms with van der Waals surface area (Å²) in [6, 6.07) is 3.82. The Labute approximate surface area is 112 Å². The van der Waals surface area contributed by atoms with Crippen LogP contribution in [0.4, 0.5) is 5.69 Å². The van der Waals surface area contributed by atoms with Crippen LogP contribution < -0.4 is 20.1 Å². The lowest BCUT2D eigenvalue weighted by atomic mass is 9.91. The molecule has 1 amide bonds. The van der Waals surface area contributed by atoms with Crippen LogP contribution >= 0.6 is 0 Å². The lowest BCUT2D eigenvalue weighted by Crippen LogP contribution is -2.43. The molecule has 3 rings (SSSR count). The van der Waals surface area contributed by atoms with Crippen molar-refractivity contribution in [3.63, 3.8) is 0 Å². The van der Waals surface area contributed by atoms with E-state index in [4.69, 9.17) is 15.2 Å². The first-order chi connectivity index (χ1) is 9.08. The molecule has 1 aromatic carbocycles. The Morgan fingerprint density at radius 1 is 1.32 bits per heavy atom. The highest BCUT2D eigenvalue weighted by Crippen LogP contribution is 2.43. The van der Waals surface area contributed by atoms with Gasteiger partial charge >= 0.3 is 0 Å². The minimum atomic E-state index is -0.0728. The molecule has 1 aromatic rings. The number of fused-ring (bicyclic) bond motifs is 2. The summed E-state index contributed by atoms with van der Waals surface area (Å²) in [6.45, 7) is 4.68. The van der Waals surface area contributed by atoms with E-state index < -0.39 is 0 Å². The Kier molecular flexibility index (Phi) is 2.86. The van der Waals surface area contributed by atoms with Gasteiger partial charge in [0.25, 0.3) is 0 Å². The fraction of sp³-hybridized carbons (Fsp3) is 0.500. The minimum absolute atomic E-state index is 0.0253. The fourth-order valence-electron chi connectivity index (χ4n) is 2.92. The minimum Gasteiger partial charge on any atom is -0.486 e. The van der Waals surface area contributed by atoms with Crippen LogP contribution in [0.3, 0.4) is 0 Å². The van der Waals surface area contributed by atoms with Gasteiger partial charge < -0.3 is 20.1 Å². The zero-order chi connectivity index (χ0) is 13.6. The second kappa shape index (κ2) is 4.42. The van der Waals surface area contributed by atoms with E-state index in [1.54, 1.807) is 11.8 Å².